The van der Waals surface area contributed by atoms with Gasteiger partial charge in [0.1, 0.15) is 6.04 Å². The number of methoxy groups -OCH3 is 1. The second-order valence-corrected chi connectivity index (χ2v) is 10.4. The van der Waals surface area contributed by atoms with E-state index in [9.17, 15) is 18.0 Å². The van der Waals surface area contributed by atoms with Crippen molar-refractivity contribution in [2.45, 2.75) is 17.4 Å². The summed E-state index contributed by atoms with van der Waals surface area (Å²) in [4.78, 5) is 27.9. The van der Waals surface area contributed by atoms with E-state index in [0.717, 1.165) is 20.9 Å². The number of hydrogen-bond donors (Lipinski definition) is 3. The molecule has 3 aromatic carbocycles. The van der Waals surface area contributed by atoms with Crippen LogP contribution in [0.25, 0.3) is 10.9 Å². The Morgan fingerprint density at radius 3 is 2.37 bits per heavy atom. The van der Waals surface area contributed by atoms with E-state index in [1.807, 2.05) is 24.3 Å². The Kier molecular flexibility index (Phi) is 7.34. The standard InChI is InChI=1S/C25H22BrN3O5S/c1-34-25(31)23(14-17-15-27-22-5-3-2-4-21(17)22)29-35(32,33)20-12-10-19(11-13-20)28-24(30)16-6-8-18(26)9-7-16/h2-13,15,23,27,29H,14H2,1H3,(H,28,30)/t23-/m0/s1. The van der Waals surface area contributed by atoms with Crippen LogP contribution in [0.2, 0.25) is 0 Å². The van der Waals surface area contributed by atoms with Gasteiger partial charge in [-0.15, -0.1) is 0 Å². The predicted molar refractivity (Wildman–Crippen MR) is 137 cm³/mol. The van der Waals surface area contributed by atoms with Crippen molar-refractivity contribution in [3.8, 4) is 0 Å². The van der Waals surface area contributed by atoms with Crippen molar-refractivity contribution in [1.29, 1.82) is 0 Å². The van der Waals surface area contributed by atoms with Crippen molar-refractivity contribution >= 4 is 54.4 Å². The minimum absolute atomic E-state index is 0.0491. The summed E-state index contributed by atoms with van der Waals surface area (Å²) in [6.07, 6.45) is 1.86. The summed E-state index contributed by atoms with van der Waals surface area (Å²) in [5.74, 6) is -1.02. The monoisotopic (exact) mass is 555 g/mol. The maximum absolute atomic E-state index is 13.0. The zero-order valence-electron chi connectivity index (χ0n) is 18.6. The number of aromatic amines is 1. The second kappa shape index (κ2) is 10.4. The number of sulfonamides is 1. The average Bonchev–Trinajstić information content (AvgIpc) is 3.26. The van der Waals surface area contributed by atoms with Crippen LogP contribution in [-0.2, 0) is 26.0 Å². The molecular weight excluding hydrogens is 534 g/mol. The lowest BCUT2D eigenvalue weighted by Gasteiger charge is -2.17. The molecule has 0 spiro atoms. The van der Waals surface area contributed by atoms with Crippen LogP contribution in [0.1, 0.15) is 15.9 Å². The Hall–Kier alpha value is -3.47. The first-order valence-corrected chi connectivity index (χ1v) is 12.9. The minimum atomic E-state index is -4.05. The summed E-state index contributed by atoms with van der Waals surface area (Å²) >= 11 is 3.32. The van der Waals surface area contributed by atoms with E-state index in [0.29, 0.717) is 11.3 Å². The quantitative estimate of drug-likeness (QED) is 0.281. The Bertz CT molecular complexity index is 1470. The number of para-hydroxylation sites is 1. The number of rotatable bonds is 8. The van der Waals surface area contributed by atoms with Crippen LogP contribution < -0.4 is 10.0 Å². The first kappa shape index (κ1) is 24.6. The Balaban J connectivity index is 1.49. The van der Waals surface area contributed by atoms with Gasteiger partial charge in [-0.25, -0.2) is 8.42 Å². The zero-order chi connectivity index (χ0) is 25.0. The lowest BCUT2D eigenvalue weighted by atomic mass is 10.1. The lowest BCUT2D eigenvalue weighted by Crippen LogP contribution is -2.42. The van der Waals surface area contributed by atoms with Gasteiger partial charge in [0.05, 0.1) is 12.0 Å². The molecule has 1 amide bonds. The van der Waals surface area contributed by atoms with E-state index in [1.165, 1.54) is 31.4 Å². The van der Waals surface area contributed by atoms with Gasteiger partial charge >= 0.3 is 5.97 Å². The predicted octanol–water partition coefficient (Wildman–Crippen LogP) is 4.25. The topological polar surface area (TPSA) is 117 Å². The van der Waals surface area contributed by atoms with Crippen LogP contribution in [0.3, 0.4) is 0 Å². The molecule has 4 rings (SSSR count). The van der Waals surface area contributed by atoms with Crippen LogP contribution in [0, 0.1) is 0 Å². The van der Waals surface area contributed by atoms with E-state index in [-0.39, 0.29) is 17.2 Å². The highest BCUT2D eigenvalue weighted by molar-refractivity contribution is 9.10. The van der Waals surface area contributed by atoms with Crippen molar-refractivity contribution < 1.29 is 22.7 Å². The van der Waals surface area contributed by atoms with Gasteiger partial charge < -0.3 is 15.0 Å². The van der Waals surface area contributed by atoms with E-state index in [4.69, 9.17) is 4.74 Å². The maximum Gasteiger partial charge on any atom is 0.324 e. The fraction of sp³-hybridized carbons (Fsp3) is 0.120. The van der Waals surface area contributed by atoms with E-state index in [1.54, 1.807) is 30.5 Å². The normalized spacial score (nSPS) is 12.3. The fourth-order valence-electron chi connectivity index (χ4n) is 3.61. The molecule has 8 nitrogen and oxygen atoms in total. The number of aromatic nitrogens is 1. The smallest absolute Gasteiger partial charge is 0.324 e. The summed E-state index contributed by atoms with van der Waals surface area (Å²) in [7, 11) is -2.84. The van der Waals surface area contributed by atoms with Crippen molar-refractivity contribution in [3.05, 3.63) is 94.6 Å². The molecule has 35 heavy (non-hydrogen) atoms. The van der Waals surface area contributed by atoms with Gasteiger partial charge in [0.15, 0.2) is 0 Å². The number of H-pyrrole nitrogens is 1. The van der Waals surface area contributed by atoms with E-state index >= 15 is 0 Å². The third-order valence-corrected chi connectivity index (χ3v) is 7.43. The lowest BCUT2D eigenvalue weighted by molar-refractivity contribution is -0.142. The molecule has 0 fully saturated rings. The summed E-state index contributed by atoms with van der Waals surface area (Å²) in [5, 5.41) is 3.62. The average molecular weight is 556 g/mol. The van der Waals surface area contributed by atoms with Gasteiger partial charge in [0.25, 0.3) is 5.91 Å². The summed E-state index contributed by atoms with van der Waals surface area (Å²) in [6, 6.07) is 19.0. The molecule has 3 N–H and O–H groups in total. The summed E-state index contributed by atoms with van der Waals surface area (Å²) in [6.45, 7) is 0. The Morgan fingerprint density at radius 2 is 1.69 bits per heavy atom. The first-order valence-electron chi connectivity index (χ1n) is 10.6. The van der Waals surface area contributed by atoms with Gasteiger partial charge in [-0.3, -0.25) is 9.59 Å². The minimum Gasteiger partial charge on any atom is -0.468 e. The van der Waals surface area contributed by atoms with Crippen LogP contribution >= 0.6 is 15.9 Å². The number of anilines is 1. The highest BCUT2D eigenvalue weighted by Gasteiger charge is 2.27. The molecule has 0 bridgehead atoms. The molecule has 4 aromatic rings. The van der Waals surface area contributed by atoms with Crippen molar-refractivity contribution in [2.24, 2.45) is 0 Å². The van der Waals surface area contributed by atoms with Gasteiger partial charge in [-0.1, -0.05) is 34.1 Å². The molecule has 0 unspecified atom stereocenters. The third kappa shape index (κ3) is 5.79. The molecule has 1 aromatic heterocycles. The van der Waals surface area contributed by atoms with Crippen molar-refractivity contribution in [2.75, 3.05) is 12.4 Å². The molecule has 1 atom stereocenters. The molecule has 0 radical (unpaired) electrons. The Labute approximate surface area is 210 Å². The highest BCUT2D eigenvalue weighted by Crippen LogP contribution is 2.21. The molecular formula is C25H22BrN3O5S. The number of carbonyl (C=O) groups is 2. The molecule has 0 aliphatic heterocycles. The number of benzene rings is 3. The number of hydrogen-bond acceptors (Lipinski definition) is 5. The van der Waals surface area contributed by atoms with Crippen LogP contribution in [0.4, 0.5) is 5.69 Å². The van der Waals surface area contributed by atoms with Crippen LogP contribution in [-0.4, -0.2) is 38.4 Å². The van der Waals surface area contributed by atoms with E-state index in [2.05, 4.69) is 31.0 Å². The summed E-state index contributed by atoms with van der Waals surface area (Å²) < 4.78 is 34.2. The van der Waals surface area contributed by atoms with Gasteiger partial charge in [0, 0.05) is 39.2 Å². The Morgan fingerprint density at radius 1 is 1.00 bits per heavy atom. The number of amides is 1. The van der Waals surface area contributed by atoms with E-state index < -0.39 is 22.0 Å². The third-order valence-electron chi connectivity index (χ3n) is 5.41. The molecule has 180 valence electrons. The molecule has 0 saturated heterocycles. The van der Waals surface area contributed by atoms with Gasteiger partial charge in [0.2, 0.25) is 10.0 Å². The first-order chi connectivity index (χ1) is 16.8. The van der Waals surface area contributed by atoms with Crippen LogP contribution in [0.5, 0.6) is 0 Å². The number of esters is 1. The largest absolute Gasteiger partial charge is 0.468 e. The number of carbonyl (C=O) groups excluding carboxylic acids is 2. The number of ether oxygens (including phenoxy) is 1. The molecule has 0 saturated carbocycles. The second-order valence-electron chi connectivity index (χ2n) is 7.75. The molecule has 0 aliphatic carbocycles. The summed E-state index contributed by atoms with van der Waals surface area (Å²) in [5.41, 5.74) is 2.56. The fourth-order valence-corrected chi connectivity index (χ4v) is 5.06. The molecule has 0 aliphatic rings. The number of halogens is 1. The maximum atomic E-state index is 13.0. The highest BCUT2D eigenvalue weighted by atomic mass is 79.9. The van der Waals surface area contributed by atoms with Gasteiger partial charge in [-0.2, -0.15) is 4.72 Å². The SMILES string of the molecule is COC(=O)[C@H](Cc1c[nH]c2ccccc12)NS(=O)(=O)c1ccc(NC(=O)c2ccc(Br)cc2)cc1. The molecule has 1 heterocycles. The number of fused-ring (bicyclic) bond motifs is 1. The van der Waals surface area contributed by atoms with Crippen molar-refractivity contribution in [3.63, 3.8) is 0 Å². The number of nitrogens with one attached hydrogen (secondary N) is 3. The van der Waals surface area contributed by atoms with Crippen LogP contribution in [0.15, 0.2) is 88.4 Å². The van der Waals surface area contributed by atoms with Gasteiger partial charge in [-0.05, 0) is 60.2 Å². The zero-order valence-corrected chi connectivity index (χ0v) is 21.0. The van der Waals surface area contributed by atoms with Crippen molar-refractivity contribution in [1.82, 2.24) is 9.71 Å². The molecule has 10 heteroatoms.